The van der Waals surface area contributed by atoms with Crippen LogP contribution in [0, 0.1) is 5.82 Å². The van der Waals surface area contributed by atoms with Gasteiger partial charge in [-0.05, 0) is 55.1 Å². The molecule has 2 aliphatic rings. The topological polar surface area (TPSA) is 47.1 Å². The largest absolute Gasteiger partial charge is 0.364 e. The molecule has 2 heterocycles. The SMILES string of the molecule is CN1CCN(C(=O)c2ccc(Cl)c(-c3ccc(N(C)C(=O)c4c(F)cccc4Cl)c(N4CC(F)C4)c3)c2)CC1. The highest BCUT2D eigenvalue weighted by molar-refractivity contribution is 6.35. The molecule has 10 heteroatoms. The Bertz CT molecular complexity index is 1400. The predicted octanol–water partition coefficient (Wildman–Crippen LogP) is 5.62. The van der Waals surface area contributed by atoms with Crippen LogP contribution in [0.15, 0.2) is 54.6 Å². The van der Waals surface area contributed by atoms with Gasteiger partial charge < -0.3 is 19.6 Å². The lowest BCUT2D eigenvalue weighted by Gasteiger charge is -2.39. The van der Waals surface area contributed by atoms with Crippen LogP contribution in [0.4, 0.5) is 20.2 Å². The Hall–Kier alpha value is -3.20. The minimum atomic E-state index is -0.989. The van der Waals surface area contributed by atoms with Gasteiger partial charge in [-0.25, -0.2) is 8.78 Å². The fraction of sp³-hybridized carbons (Fsp3) is 0.310. The first-order valence-electron chi connectivity index (χ1n) is 12.7. The number of alkyl halides is 1. The molecule has 3 aromatic rings. The van der Waals surface area contributed by atoms with E-state index in [9.17, 15) is 18.4 Å². The van der Waals surface area contributed by atoms with Gasteiger partial charge in [-0.2, -0.15) is 0 Å². The lowest BCUT2D eigenvalue weighted by molar-refractivity contribution is 0.0664. The highest BCUT2D eigenvalue weighted by Gasteiger charge is 2.31. The maximum absolute atomic E-state index is 14.5. The van der Waals surface area contributed by atoms with E-state index in [1.165, 1.54) is 30.1 Å². The zero-order chi connectivity index (χ0) is 27.8. The van der Waals surface area contributed by atoms with E-state index in [1.54, 1.807) is 30.3 Å². The third-order valence-electron chi connectivity index (χ3n) is 7.31. The molecule has 0 unspecified atom stereocenters. The highest BCUT2D eigenvalue weighted by atomic mass is 35.5. The molecule has 0 aliphatic carbocycles. The smallest absolute Gasteiger partial charge is 0.262 e. The molecule has 0 bridgehead atoms. The quantitative estimate of drug-likeness (QED) is 0.398. The van der Waals surface area contributed by atoms with Crippen LogP contribution in [-0.2, 0) is 0 Å². The molecule has 0 spiro atoms. The number of hydrogen-bond acceptors (Lipinski definition) is 4. The molecule has 2 saturated heterocycles. The van der Waals surface area contributed by atoms with Gasteiger partial charge in [-0.3, -0.25) is 9.59 Å². The number of carbonyl (C=O) groups is 2. The van der Waals surface area contributed by atoms with E-state index >= 15 is 0 Å². The van der Waals surface area contributed by atoms with Crippen molar-refractivity contribution in [2.75, 3.05) is 63.2 Å². The van der Waals surface area contributed by atoms with E-state index in [0.29, 0.717) is 46.2 Å². The highest BCUT2D eigenvalue weighted by Crippen LogP contribution is 2.39. The molecule has 3 aromatic carbocycles. The van der Waals surface area contributed by atoms with Crippen LogP contribution in [0.1, 0.15) is 20.7 Å². The van der Waals surface area contributed by atoms with Gasteiger partial charge in [0.05, 0.1) is 35.1 Å². The fourth-order valence-corrected chi connectivity index (χ4v) is 5.37. The number of anilines is 2. The van der Waals surface area contributed by atoms with Crippen LogP contribution in [0.25, 0.3) is 11.1 Å². The van der Waals surface area contributed by atoms with E-state index in [1.807, 2.05) is 22.9 Å². The molecule has 2 fully saturated rings. The maximum Gasteiger partial charge on any atom is 0.262 e. The number of hydrogen-bond donors (Lipinski definition) is 0. The molecule has 0 aromatic heterocycles. The summed E-state index contributed by atoms with van der Waals surface area (Å²) in [5.41, 5.74) is 2.71. The molecule has 2 amide bonds. The standard InChI is InChI=1S/C29H28Cl2F2N4O2/c1-34-10-12-36(13-11-34)28(38)19-6-8-22(30)21(14-19)18-7-9-25(26(15-18)37-16-20(32)17-37)35(2)29(39)27-23(31)4-3-5-24(27)33/h3-9,14-15,20H,10-13,16-17H2,1-2H3. The molecule has 2 aliphatic heterocycles. The molecule has 0 radical (unpaired) electrons. The minimum absolute atomic E-state index is 0.00593. The van der Waals surface area contributed by atoms with Crippen molar-refractivity contribution in [3.8, 4) is 11.1 Å². The van der Waals surface area contributed by atoms with Crippen LogP contribution in [0.2, 0.25) is 10.0 Å². The number of halogens is 4. The Morgan fingerprint density at radius 3 is 2.33 bits per heavy atom. The van der Waals surface area contributed by atoms with Gasteiger partial charge in [-0.15, -0.1) is 0 Å². The van der Waals surface area contributed by atoms with E-state index in [0.717, 1.165) is 13.1 Å². The van der Waals surface area contributed by atoms with Crippen LogP contribution >= 0.6 is 23.2 Å². The number of rotatable bonds is 5. The monoisotopic (exact) mass is 572 g/mol. The summed E-state index contributed by atoms with van der Waals surface area (Å²) < 4.78 is 28.4. The predicted molar refractivity (Wildman–Crippen MR) is 152 cm³/mol. The third-order valence-corrected chi connectivity index (χ3v) is 7.96. The first-order valence-corrected chi connectivity index (χ1v) is 13.4. The number of likely N-dealkylation sites (N-methyl/N-ethyl adjacent to an activating group) is 1. The van der Waals surface area contributed by atoms with E-state index in [-0.39, 0.29) is 29.6 Å². The minimum Gasteiger partial charge on any atom is -0.364 e. The summed E-state index contributed by atoms with van der Waals surface area (Å²) in [5, 5.41) is 0.463. The van der Waals surface area contributed by atoms with E-state index in [4.69, 9.17) is 23.2 Å². The van der Waals surface area contributed by atoms with Crippen LogP contribution < -0.4 is 9.80 Å². The second kappa shape index (κ2) is 11.1. The molecular formula is C29H28Cl2F2N4O2. The van der Waals surface area contributed by atoms with Gasteiger partial charge in [0.1, 0.15) is 12.0 Å². The van der Waals surface area contributed by atoms with Crippen molar-refractivity contribution >= 4 is 46.4 Å². The summed E-state index contributed by atoms with van der Waals surface area (Å²) in [6, 6.07) is 14.6. The fourth-order valence-electron chi connectivity index (χ4n) is 4.90. The average molecular weight is 573 g/mol. The van der Waals surface area contributed by atoms with Crippen molar-refractivity contribution in [1.82, 2.24) is 9.80 Å². The summed E-state index contributed by atoms with van der Waals surface area (Å²) in [6.07, 6.45) is -0.989. The lowest BCUT2D eigenvalue weighted by atomic mass is 9.99. The maximum atomic E-state index is 14.5. The second-order valence-electron chi connectivity index (χ2n) is 9.96. The van der Waals surface area contributed by atoms with Crippen LogP contribution in [0.5, 0.6) is 0 Å². The molecule has 5 rings (SSSR count). The number of benzene rings is 3. The number of nitrogens with zero attached hydrogens (tertiary/aromatic N) is 4. The Labute approximate surface area is 236 Å². The van der Waals surface area contributed by atoms with Gasteiger partial charge in [0.25, 0.3) is 11.8 Å². The molecule has 39 heavy (non-hydrogen) atoms. The number of carbonyl (C=O) groups excluding carboxylic acids is 2. The Morgan fingerprint density at radius 2 is 1.67 bits per heavy atom. The van der Waals surface area contributed by atoms with Gasteiger partial charge in [-0.1, -0.05) is 35.3 Å². The van der Waals surface area contributed by atoms with Crippen molar-refractivity contribution in [3.63, 3.8) is 0 Å². The summed E-state index contributed by atoms with van der Waals surface area (Å²) in [4.78, 5) is 33.6. The van der Waals surface area contributed by atoms with Gasteiger partial charge in [0, 0.05) is 49.4 Å². The van der Waals surface area contributed by atoms with E-state index < -0.39 is 17.9 Å². The number of piperazine rings is 1. The summed E-state index contributed by atoms with van der Waals surface area (Å²) in [6.45, 7) is 3.25. The van der Waals surface area contributed by atoms with Crippen molar-refractivity contribution in [3.05, 3.63) is 81.6 Å². The van der Waals surface area contributed by atoms with Gasteiger partial charge in [0.15, 0.2) is 0 Å². The second-order valence-corrected chi connectivity index (χ2v) is 10.8. The van der Waals surface area contributed by atoms with Crippen molar-refractivity contribution in [1.29, 1.82) is 0 Å². The Morgan fingerprint density at radius 1 is 0.949 bits per heavy atom. The van der Waals surface area contributed by atoms with Gasteiger partial charge in [0.2, 0.25) is 0 Å². The van der Waals surface area contributed by atoms with Crippen molar-refractivity contribution < 1.29 is 18.4 Å². The molecule has 0 atom stereocenters. The van der Waals surface area contributed by atoms with Crippen LogP contribution in [0.3, 0.4) is 0 Å². The van der Waals surface area contributed by atoms with Crippen LogP contribution in [-0.4, -0.2) is 81.1 Å². The first kappa shape index (κ1) is 27.4. The zero-order valence-electron chi connectivity index (χ0n) is 21.6. The number of amides is 2. The average Bonchev–Trinajstić information content (AvgIpc) is 2.91. The molecule has 6 nitrogen and oxygen atoms in total. The summed E-state index contributed by atoms with van der Waals surface area (Å²) in [7, 11) is 3.56. The molecule has 204 valence electrons. The Balaban J connectivity index is 1.50. The summed E-state index contributed by atoms with van der Waals surface area (Å²) in [5.74, 6) is -1.41. The van der Waals surface area contributed by atoms with Crippen molar-refractivity contribution in [2.24, 2.45) is 0 Å². The normalized spacial score (nSPS) is 16.3. The Kier molecular flexibility index (Phi) is 7.80. The molecule has 0 saturated carbocycles. The molecular weight excluding hydrogens is 545 g/mol. The zero-order valence-corrected chi connectivity index (χ0v) is 23.1. The lowest BCUT2D eigenvalue weighted by Crippen LogP contribution is -2.49. The van der Waals surface area contributed by atoms with Crippen molar-refractivity contribution in [2.45, 2.75) is 6.17 Å². The first-order chi connectivity index (χ1) is 18.6. The van der Waals surface area contributed by atoms with E-state index in [2.05, 4.69) is 4.90 Å². The van der Waals surface area contributed by atoms with Gasteiger partial charge >= 0.3 is 0 Å². The summed E-state index contributed by atoms with van der Waals surface area (Å²) >= 11 is 12.7. The third kappa shape index (κ3) is 5.46. The molecule has 0 N–H and O–H groups in total.